The van der Waals surface area contributed by atoms with E-state index in [-0.39, 0.29) is 56.9 Å². The summed E-state index contributed by atoms with van der Waals surface area (Å²) in [5.74, 6) is 0. The molecule has 0 aromatic carbocycles. The molecule has 0 saturated carbocycles. The Morgan fingerprint density at radius 3 is 1.92 bits per heavy atom. The predicted molar refractivity (Wildman–Crippen MR) is 47.2 cm³/mol. The predicted octanol–water partition coefficient (Wildman–Crippen LogP) is -1.21. The molecule has 0 spiro atoms. The van der Waals surface area contributed by atoms with Gasteiger partial charge in [0.2, 0.25) is 0 Å². The first kappa shape index (κ1) is 11.2. The maximum atomic E-state index is 4.24. The van der Waals surface area contributed by atoms with Crippen LogP contribution in [0.15, 0.2) is 24.3 Å². The zero-order valence-corrected chi connectivity index (χ0v) is 11.0. The standard InChI is InChI=1S/C10H14N.K/c1-8-4-10(3)5-9(2)7-11(10)6-8;/h1-7H2;/q-1;+1. The summed E-state index contributed by atoms with van der Waals surface area (Å²) in [6.45, 7) is 14.3. The molecule has 0 aliphatic carbocycles. The van der Waals surface area contributed by atoms with Gasteiger partial charge in [0.1, 0.15) is 0 Å². The van der Waals surface area contributed by atoms with Crippen molar-refractivity contribution >= 4 is 0 Å². The summed E-state index contributed by atoms with van der Waals surface area (Å²) in [6, 6.07) is 0. The van der Waals surface area contributed by atoms with E-state index in [9.17, 15) is 0 Å². The molecular formula is C10H14KN. The third kappa shape index (κ3) is 1.79. The Morgan fingerprint density at radius 2 is 1.58 bits per heavy atom. The molecule has 1 nitrogen and oxygen atoms in total. The summed E-state index contributed by atoms with van der Waals surface area (Å²) in [6.07, 6.45) is 2.12. The molecule has 60 valence electrons. The van der Waals surface area contributed by atoms with Gasteiger partial charge in [-0.2, -0.15) is 0 Å². The van der Waals surface area contributed by atoms with Crippen molar-refractivity contribution in [2.24, 2.45) is 0 Å². The van der Waals surface area contributed by atoms with Crippen LogP contribution < -0.4 is 51.4 Å². The van der Waals surface area contributed by atoms with E-state index in [0.29, 0.717) is 0 Å². The van der Waals surface area contributed by atoms with Gasteiger partial charge in [-0.15, -0.1) is 0 Å². The average Bonchev–Trinajstić information content (AvgIpc) is 2.16. The quantitative estimate of drug-likeness (QED) is 0.261. The Hall–Kier alpha value is 1.08. The van der Waals surface area contributed by atoms with Gasteiger partial charge >= 0.3 is 51.4 Å². The van der Waals surface area contributed by atoms with Crippen molar-refractivity contribution in [3.8, 4) is 0 Å². The van der Waals surface area contributed by atoms with E-state index >= 15 is 0 Å². The fourth-order valence-corrected chi connectivity index (χ4v) is 2.26. The molecule has 2 saturated heterocycles. The molecule has 2 fully saturated rings. The molecule has 0 N–H and O–H groups in total. The molecule has 12 heavy (non-hydrogen) atoms. The number of nitrogens with zero attached hydrogens (tertiary/aromatic N) is 1. The van der Waals surface area contributed by atoms with Crippen LogP contribution in [0, 0.1) is 6.92 Å². The molecule has 0 bridgehead atoms. The third-order valence-corrected chi connectivity index (χ3v) is 2.66. The van der Waals surface area contributed by atoms with Crippen LogP contribution in [0.3, 0.4) is 0 Å². The van der Waals surface area contributed by atoms with E-state index in [0.717, 1.165) is 25.9 Å². The van der Waals surface area contributed by atoms with Crippen molar-refractivity contribution in [2.75, 3.05) is 13.1 Å². The summed E-state index contributed by atoms with van der Waals surface area (Å²) in [5.41, 5.74) is 2.79. The maximum Gasteiger partial charge on any atom is 1.00 e. The normalized spacial score (nSPS) is 27.1. The Bertz CT molecular complexity index is 212. The van der Waals surface area contributed by atoms with E-state index < -0.39 is 0 Å². The summed E-state index contributed by atoms with van der Waals surface area (Å²) in [5, 5.41) is 0. The molecular weight excluding hydrogens is 173 g/mol. The minimum atomic E-state index is 0. The fourth-order valence-electron chi connectivity index (χ4n) is 2.26. The molecule has 0 atom stereocenters. The van der Waals surface area contributed by atoms with E-state index in [1.54, 1.807) is 0 Å². The second-order valence-electron chi connectivity index (χ2n) is 3.93. The molecule has 2 aliphatic rings. The molecule has 2 aliphatic heterocycles. The summed E-state index contributed by atoms with van der Waals surface area (Å²) >= 11 is 0. The van der Waals surface area contributed by atoms with Gasteiger partial charge in [-0.1, -0.05) is 29.8 Å². The Labute approximate surface area is 117 Å². The Morgan fingerprint density at radius 1 is 1.17 bits per heavy atom. The van der Waals surface area contributed by atoms with Gasteiger partial charge in [0.25, 0.3) is 0 Å². The fraction of sp³-hybridized carbons (Fsp3) is 0.500. The van der Waals surface area contributed by atoms with Crippen LogP contribution in [0.25, 0.3) is 0 Å². The van der Waals surface area contributed by atoms with Crippen molar-refractivity contribution in [1.29, 1.82) is 0 Å². The summed E-state index contributed by atoms with van der Waals surface area (Å²) < 4.78 is 0. The van der Waals surface area contributed by atoms with Crippen molar-refractivity contribution in [1.82, 2.24) is 4.90 Å². The SMILES string of the molecule is C=C1CN2CC(=C)CC2([CH2-])C1.[K+]. The van der Waals surface area contributed by atoms with Crippen molar-refractivity contribution in [3.63, 3.8) is 0 Å². The molecule has 0 aromatic rings. The van der Waals surface area contributed by atoms with Crippen LogP contribution in [0.4, 0.5) is 0 Å². The van der Waals surface area contributed by atoms with Gasteiger partial charge in [0.15, 0.2) is 0 Å². The van der Waals surface area contributed by atoms with Gasteiger partial charge in [0, 0.05) is 13.1 Å². The third-order valence-electron chi connectivity index (χ3n) is 2.66. The van der Waals surface area contributed by atoms with E-state index in [4.69, 9.17) is 0 Å². The molecule has 0 amide bonds. The summed E-state index contributed by atoms with van der Waals surface area (Å²) in [7, 11) is 0. The number of rotatable bonds is 0. The topological polar surface area (TPSA) is 3.24 Å². The second kappa shape index (κ2) is 3.68. The van der Waals surface area contributed by atoms with Crippen LogP contribution in [0.1, 0.15) is 12.8 Å². The van der Waals surface area contributed by atoms with E-state index in [2.05, 4.69) is 25.0 Å². The van der Waals surface area contributed by atoms with Crippen molar-refractivity contribution in [2.45, 2.75) is 18.4 Å². The smallest absolute Gasteiger partial charge is 0.323 e. The van der Waals surface area contributed by atoms with Crippen LogP contribution in [0.5, 0.6) is 0 Å². The van der Waals surface area contributed by atoms with Gasteiger partial charge in [0.05, 0.1) is 0 Å². The summed E-state index contributed by atoms with van der Waals surface area (Å²) in [4.78, 5) is 2.39. The minimum Gasteiger partial charge on any atom is -0.323 e. The second-order valence-corrected chi connectivity index (χ2v) is 3.93. The largest absolute Gasteiger partial charge is 1.00 e. The van der Waals surface area contributed by atoms with Gasteiger partial charge < -0.3 is 11.8 Å². The molecule has 0 aromatic heterocycles. The van der Waals surface area contributed by atoms with Crippen LogP contribution >= 0.6 is 0 Å². The number of hydrogen-bond acceptors (Lipinski definition) is 1. The molecule has 0 unspecified atom stereocenters. The van der Waals surface area contributed by atoms with Gasteiger partial charge in [-0.05, 0) is 12.8 Å². The van der Waals surface area contributed by atoms with E-state index in [1.165, 1.54) is 11.1 Å². The molecule has 0 radical (unpaired) electrons. The monoisotopic (exact) mass is 187 g/mol. The van der Waals surface area contributed by atoms with Crippen molar-refractivity contribution in [3.05, 3.63) is 31.2 Å². The zero-order valence-electron chi connectivity index (χ0n) is 7.90. The Balaban J connectivity index is 0.000000720. The van der Waals surface area contributed by atoms with Crippen LogP contribution in [-0.2, 0) is 0 Å². The molecule has 2 heteroatoms. The molecule has 2 rings (SSSR count). The first-order valence-corrected chi connectivity index (χ1v) is 4.04. The first-order valence-electron chi connectivity index (χ1n) is 4.04. The minimum absolute atomic E-state index is 0. The van der Waals surface area contributed by atoms with Crippen molar-refractivity contribution < 1.29 is 51.4 Å². The van der Waals surface area contributed by atoms with Gasteiger partial charge in [-0.3, -0.25) is 0 Å². The number of hydrogen-bond donors (Lipinski definition) is 0. The average molecular weight is 187 g/mol. The number of fused-ring (bicyclic) bond motifs is 1. The zero-order chi connectivity index (χ0) is 8.06. The maximum absolute atomic E-state index is 4.24. The first-order chi connectivity index (χ1) is 5.10. The van der Waals surface area contributed by atoms with Gasteiger partial charge in [-0.25, -0.2) is 0 Å². The van der Waals surface area contributed by atoms with Crippen LogP contribution in [-0.4, -0.2) is 23.5 Å². The Kier molecular flexibility index (Phi) is 3.42. The van der Waals surface area contributed by atoms with E-state index in [1.807, 2.05) is 0 Å². The molecule has 2 heterocycles. The van der Waals surface area contributed by atoms with Crippen LogP contribution in [0.2, 0.25) is 0 Å².